The van der Waals surface area contributed by atoms with Crippen molar-refractivity contribution in [2.45, 2.75) is 25.0 Å². The fourth-order valence-corrected chi connectivity index (χ4v) is 1.39. The maximum Gasteiger partial charge on any atom is 0.128 e. The predicted octanol–water partition coefficient (Wildman–Crippen LogP) is 1.30. The molecule has 2 nitrogen and oxygen atoms in total. The first-order valence-corrected chi connectivity index (χ1v) is 4.28. The molecule has 2 rings (SSSR count). The third kappa shape index (κ3) is 1.45. The summed E-state index contributed by atoms with van der Waals surface area (Å²) in [4.78, 5) is 0. The monoisotopic (exact) mass is 182 g/mol. The molecular weight excluding hydrogens is 171 g/mol. The average molecular weight is 182 g/mol. The third-order valence-corrected chi connectivity index (χ3v) is 2.48. The Kier molecular flexibility index (Phi) is 1.86. The van der Waals surface area contributed by atoms with E-state index in [0.717, 1.165) is 12.8 Å². The second-order valence-corrected chi connectivity index (χ2v) is 3.50. The molecule has 0 amide bonds. The summed E-state index contributed by atoms with van der Waals surface area (Å²) in [7, 11) is 0. The third-order valence-electron chi connectivity index (χ3n) is 2.48. The van der Waals surface area contributed by atoms with Crippen molar-refractivity contribution in [2.24, 2.45) is 0 Å². The average Bonchev–Trinajstić information content (AvgIpc) is 2.86. The molecule has 1 aromatic rings. The summed E-state index contributed by atoms with van der Waals surface area (Å²) in [6.45, 7) is -0.324. The number of rotatable bonds is 2. The SMILES string of the molecule is OCc1cc(C2(O)CC2)ccc1F. The summed E-state index contributed by atoms with van der Waals surface area (Å²) in [5.74, 6) is -0.421. The van der Waals surface area contributed by atoms with E-state index in [2.05, 4.69) is 0 Å². The largest absolute Gasteiger partial charge is 0.392 e. The minimum absolute atomic E-state index is 0.248. The molecule has 0 saturated heterocycles. The van der Waals surface area contributed by atoms with Gasteiger partial charge in [-0.2, -0.15) is 0 Å². The van der Waals surface area contributed by atoms with Gasteiger partial charge in [-0.15, -0.1) is 0 Å². The Hall–Kier alpha value is -0.930. The molecular formula is C10H11FO2. The highest BCUT2D eigenvalue weighted by Crippen LogP contribution is 2.45. The van der Waals surface area contributed by atoms with E-state index in [1.807, 2.05) is 0 Å². The Labute approximate surface area is 75.6 Å². The summed E-state index contributed by atoms with van der Waals surface area (Å²) in [6, 6.07) is 4.39. The van der Waals surface area contributed by atoms with Crippen LogP contribution in [0, 0.1) is 5.82 Å². The lowest BCUT2D eigenvalue weighted by atomic mass is 10.0. The van der Waals surface area contributed by atoms with Crippen LogP contribution in [0.15, 0.2) is 18.2 Å². The molecule has 0 aromatic heterocycles. The van der Waals surface area contributed by atoms with Gasteiger partial charge in [0, 0.05) is 5.56 Å². The summed E-state index contributed by atoms with van der Waals surface area (Å²) < 4.78 is 12.9. The van der Waals surface area contributed by atoms with Crippen LogP contribution in [0.5, 0.6) is 0 Å². The van der Waals surface area contributed by atoms with Crippen molar-refractivity contribution in [3.63, 3.8) is 0 Å². The highest BCUT2D eigenvalue weighted by Gasteiger charge is 2.42. The topological polar surface area (TPSA) is 40.5 Å². The van der Waals surface area contributed by atoms with Crippen molar-refractivity contribution >= 4 is 0 Å². The van der Waals surface area contributed by atoms with Crippen molar-refractivity contribution in [2.75, 3.05) is 0 Å². The molecule has 0 spiro atoms. The summed E-state index contributed by atoms with van der Waals surface area (Å²) in [6.07, 6.45) is 1.45. The molecule has 1 fully saturated rings. The van der Waals surface area contributed by atoms with Gasteiger partial charge < -0.3 is 10.2 Å². The van der Waals surface area contributed by atoms with E-state index in [9.17, 15) is 9.50 Å². The minimum Gasteiger partial charge on any atom is -0.392 e. The molecule has 1 aliphatic rings. The lowest BCUT2D eigenvalue weighted by Crippen LogP contribution is -2.05. The quantitative estimate of drug-likeness (QED) is 0.723. The van der Waals surface area contributed by atoms with Gasteiger partial charge in [-0.25, -0.2) is 4.39 Å². The van der Waals surface area contributed by atoms with Gasteiger partial charge in [-0.3, -0.25) is 0 Å². The molecule has 0 atom stereocenters. The second-order valence-electron chi connectivity index (χ2n) is 3.50. The maximum absolute atomic E-state index is 12.9. The lowest BCUT2D eigenvalue weighted by Gasteiger charge is -2.09. The van der Waals surface area contributed by atoms with Crippen molar-refractivity contribution in [3.05, 3.63) is 35.1 Å². The summed E-state index contributed by atoms with van der Waals surface area (Å²) >= 11 is 0. The number of aliphatic hydroxyl groups is 2. The highest BCUT2D eigenvalue weighted by molar-refractivity contribution is 5.32. The fraction of sp³-hybridized carbons (Fsp3) is 0.400. The Balaban J connectivity index is 2.39. The van der Waals surface area contributed by atoms with Crippen molar-refractivity contribution in [1.82, 2.24) is 0 Å². The van der Waals surface area contributed by atoms with E-state index in [-0.39, 0.29) is 12.2 Å². The molecule has 1 aliphatic carbocycles. The van der Waals surface area contributed by atoms with Crippen LogP contribution < -0.4 is 0 Å². The normalized spacial score (nSPS) is 18.7. The Morgan fingerprint density at radius 1 is 1.38 bits per heavy atom. The van der Waals surface area contributed by atoms with Crippen LogP contribution >= 0.6 is 0 Å². The predicted molar refractivity (Wildman–Crippen MR) is 45.5 cm³/mol. The van der Waals surface area contributed by atoms with E-state index in [1.54, 1.807) is 6.07 Å². The molecule has 1 aromatic carbocycles. The number of aliphatic hydroxyl groups excluding tert-OH is 1. The molecule has 0 unspecified atom stereocenters. The summed E-state index contributed by atoms with van der Waals surface area (Å²) in [5.41, 5.74) is 0.202. The standard InChI is InChI=1S/C10H11FO2/c11-9-2-1-8(5-7(9)6-12)10(13)3-4-10/h1-2,5,12-13H,3-4,6H2. The molecule has 2 N–H and O–H groups in total. The van der Waals surface area contributed by atoms with Gasteiger partial charge in [0.25, 0.3) is 0 Å². The summed E-state index contributed by atoms with van der Waals surface area (Å²) in [5, 5.41) is 18.5. The maximum atomic E-state index is 12.9. The highest BCUT2D eigenvalue weighted by atomic mass is 19.1. The zero-order chi connectivity index (χ0) is 9.47. The second kappa shape index (κ2) is 2.79. The molecule has 70 valence electrons. The molecule has 0 bridgehead atoms. The van der Waals surface area contributed by atoms with Crippen LogP contribution in [0.25, 0.3) is 0 Å². The molecule has 1 saturated carbocycles. The molecule has 13 heavy (non-hydrogen) atoms. The Morgan fingerprint density at radius 2 is 2.08 bits per heavy atom. The van der Waals surface area contributed by atoms with Gasteiger partial charge in [-0.1, -0.05) is 6.07 Å². The molecule has 3 heteroatoms. The molecule has 0 radical (unpaired) electrons. The Bertz CT molecular complexity index is 332. The van der Waals surface area contributed by atoms with Crippen LogP contribution in [-0.2, 0) is 12.2 Å². The van der Waals surface area contributed by atoms with Gasteiger partial charge >= 0.3 is 0 Å². The van der Waals surface area contributed by atoms with E-state index >= 15 is 0 Å². The number of benzene rings is 1. The number of hydrogen-bond donors (Lipinski definition) is 2. The van der Waals surface area contributed by atoms with Crippen LogP contribution in [-0.4, -0.2) is 10.2 Å². The van der Waals surface area contributed by atoms with E-state index < -0.39 is 11.4 Å². The fourth-order valence-electron chi connectivity index (χ4n) is 1.39. The van der Waals surface area contributed by atoms with Gasteiger partial charge in [0.1, 0.15) is 5.82 Å². The van der Waals surface area contributed by atoms with Crippen molar-refractivity contribution in [1.29, 1.82) is 0 Å². The van der Waals surface area contributed by atoms with Gasteiger partial charge in [-0.05, 0) is 30.5 Å². The zero-order valence-corrected chi connectivity index (χ0v) is 7.13. The molecule has 0 aliphatic heterocycles. The van der Waals surface area contributed by atoms with Crippen LogP contribution in [0.1, 0.15) is 24.0 Å². The molecule has 0 heterocycles. The first kappa shape index (κ1) is 8.66. The van der Waals surface area contributed by atoms with Crippen molar-refractivity contribution < 1.29 is 14.6 Å². The van der Waals surface area contributed by atoms with E-state index in [1.165, 1.54) is 12.1 Å². The minimum atomic E-state index is -0.752. The number of halogens is 1. The first-order chi connectivity index (χ1) is 6.15. The van der Waals surface area contributed by atoms with Crippen molar-refractivity contribution in [3.8, 4) is 0 Å². The van der Waals surface area contributed by atoms with Gasteiger partial charge in [0.15, 0.2) is 0 Å². The Morgan fingerprint density at radius 3 is 2.62 bits per heavy atom. The van der Waals surface area contributed by atoms with E-state index in [4.69, 9.17) is 5.11 Å². The first-order valence-electron chi connectivity index (χ1n) is 4.28. The van der Waals surface area contributed by atoms with E-state index in [0.29, 0.717) is 5.56 Å². The number of hydrogen-bond acceptors (Lipinski definition) is 2. The lowest BCUT2D eigenvalue weighted by molar-refractivity contribution is 0.151. The van der Waals surface area contributed by atoms with Crippen LogP contribution in [0.2, 0.25) is 0 Å². The van der Waals surface area contributed by atoms with Gasteiger partial charge in [0.05, 0.1) is 12.2 Å². The zero-order valence-electron chi connectivity index (χ0n) is 7.13. The van der Waals surface area contributed by atoms with Gasteiger partial charge in [0.2, 0.25) is 0 Å². The van der Waals surface area contributed by atoms with Crippen LogP contribution in [0.3, 0.4) is 0 Å². The smallest absolute Gasteiger partial charge is 0.128 e. The van der Waals surface area contributed by atoms with Crippen LogP contribution in [0.4, 0.5) is 4.39 Å².